The van der Waals surface area contributed by atoms with Gasteiger partial charge in [0.15, 0.2) is 17.7 Å². The molecule has 0 bridgehead atoms. The lowest BCUT2D eigenvalue weighted by molar-refractivity contribution is -0.122. The Bertz CT molecular complexity index is 795. The maximum atomic E-state index is 13.3. The van der Waals surface area contributed by atoms with Crippen LogP contribution < -0.4 is 10.1 Å². The molecule has 1 aliphatic heterocycles. The molecule has 0 aromatic heterocycles. The molecule has 2 aromatic rings. The summed E-state index contributed by atoms with van der Waals surface area (Å²) in [6, 6.07) is 10.7. The molecule has 27 heavy (non-hydrogen) atoms. The van der Waals surface area contributed by atoms with E-state index in [2.05, 4.69) is 10.2 Å². The molecule has 2 aromatic carbocycles. The van der Waals surface area contributed by atoms with Gasteiger partial charge in [0.1, 0.15) is 5.75 Å². The summed E-state index contributed by atoms with van der Waals surface area (Å²) in [5, 5.41) is 2.86. The first-order valence-electron chi connectivity index (χ1n) is 8.83. The van der Waals surface area contributed by atoms with Gasteiger partial charge in [-0.25, -0.2) is 8.78 Å². The number of carbonyl (C=O) groups excluding carboxylic acids is 1. The maximum absolute atomic E-state index is 13.3. The van der Waals surface area contributed by atoms with Crippen LogP contribution in [0.4, 0.5) is 14.5 Å². The highest BCUT2D eigenvalue weighted by Gasteiger charge is 2.18. The number of halogens is 2. The molecule has 1 unspecified atom stereocenters. The van der Waals surface area contributed by atoms with Crippen molar-refractivity contribution in [1.29, 1.82) is 0 Å². The molecule has 1 fully saturated rings. The lowest BCUT2D eigenvalue weighted by Gasteiger charge is -2.27. The van der Waals surface area contributed by atoms with Crippen LogP contribution in [0.15, 0.2) is 42.5 Å². The summed E-state index contributed by atoms with van der Waals surface area (Å²) in [6.07, 6.45) is -0.869. The summed E-state index contributed by atoms with van der Waals surface area (Å²) in [5.74, 6) is -2.25. The number of nitrogens with zero attached hydrogens (tertiary/aromatic N) is 1. The highest BCUT2D eigenvalue weighted by atomic mass is 19.2. The second kappa shape index (κ2) is 8.92. The van der Waals surface area contributed by atoms with Crippen LogP contribution in [-0.2, 0) is 16.1 Å². The van der Waals surface area contributed by atoms with Crippen LogP contribution in [0, 0.1) is 11.6 Å². The van der Waals surface area contributed by atoms with Gasteiger partial charge in [0.2, 0.25) is 0 Å². The third-order valence-electron chi connectivity index (χ3n) is 4.35. The Morgan fingerprint density at radius 3 is 2.67 bits per heavy atom. The lowest BCUT2D eigenvalue weighted by atomic mass is 10.1. The Hall–Kier alpha value is -2.51. The van der Waals surface area contributed by atoms with Crippen molar-refractivity contribution in [2.75, 3.05) is 31.6 Å². The second-order valence-corrected chi connectivity index (χ2v) is 6.37. The van der Waals surface area contributed by atoms with E-state index in [1.807, 2.05) is 24.3 Å². The van der Waals surface area contributed by atoms with Gasteiger partial charge in [0.05, 0.1) is 13.2 Å². The van der Waals surface area contributed by atoms with Crippen LogP contribution in [0.5, 0.6) is 5.75 Å². The quantitative estimate of drug-likeness (QED) is 0.841. The van der Waals surface area contributed by atoms with Gasteiger partial charge in [-0.3, -0.25) is 9.69 Å². The number of hydrogen-bond acceptors (Lipinski definition) is 4. The first kappa shape index (κ1) is 19.3. The van der Waals surface area contributed by atoms with Crippen LogP contribution in [0.3, 0.4) is 0 Å². The average Bonchev–Trinajstić information content (AvgIpc) is 2.67. The minimum absolute atomic E-state index is 0.0955. The molecule has 5 nitrogen and oxygen atoms in total. The van der Waals surface area contributed by atoms with Gasteiger partial charge in [0, 0.05) is 31.4 Å². The van der Waals surface area contributed by atoms with Crippen molar-refractivity contribution >= 4 is 11.6 Å². The summed E-state index contributed by atoms with van der Waals surface area (Å²) >= 11 is 0. The number of ether oxygens (including phenoxy) is 2. The minimum Gasteiger partial charge on any atom is -0.481 e. The normalized spacial score (nSPS) is 16.0. The number of hydrogen-bond donors (Lipinski definition) is 1. The predicted molar refractivity (Wildman–Crippen MR) is 97.6 cm³/mol. The molecule has 1 aliphatic rings. The molecular weight excluding hydrogens is 354 g/mol. The van der Waals surface area contributed by atoms with E-state index in [-0.39, 0.29) is 11.7 Å². The molecule has 7 heteroatoms. The molecule has 0 spiro atoms. The maximum Gasteiger partial charge on any atom is 0.265 e. The zero-order valence-electron chi connectivity index (χ0n) is 15.1. The first-order valence-corrected chi connectivity index (χ1v) is 8.83. The minimum atomic E-state index is -1.02. The van der Waals surface area contributed by atoms with Crippen molar-refractivity contribution in [3.63, 3.8) is 0 Å². The molecule has 0 aliphatic carbocycles. The topological polar surface area (TPSA) is 50.8 Å². The standard InChI is InChI=1S/C20H22F2N2O3/c1-14(27-16-6-7-17(21)18(22)12-16)20(25)23-19-5-3-2-4-15(19)13-24-8-10-26-11-9-24/h2-7,12,14H,8-11,13H2,1H3,(H,23,25). The number of carbonyl (C=O) groups is 1. The van der Waals surface area contributed by atoms with E-state index in [0.29, 0.717) is 25.4 Å². The Morgan fingerprint density at radius 2 is 1.93 bits per heavy atom. The molecule has 144 valence electrons. The highest BCUT2D eigenvalue weighted by molar-refractivity contribution is 5.94. The van der Waals surface area contributed by atoms with E-state index in [4.69, 9.17) is 9.47 Å². The molecule has 3 rings (SSSR count). The van der Waals surface area contributed by atoms with Crippen LogP contribution in [0.1, 0.15) is 12.5 Å². The molecule has 1 saturated heterocycles. The Kier molecular flexibility index (Phi) is 6.36. The summed E-state index contributed by atoms with van der Waals surface area (Å²) < 4.78 is 37.1. The summed E-state index contributed by atoms with van der Waals surface area (Å²) in [6.45, 7) is 5.36. The monoisotopic (exact) mass is 376 g/mol. The summed E-state index contributed by atoms with van der Waals surface area (Å²) in [4.78, 5) is 14.7. The van der Waals surface area contributed by atoms with E-state index in [0.717, 1.165) is 30.8 Å². The molecule has 1 heterocycles. The molecule has 0 saturated carbocycles. The van der Waals surface area contributed by atoms with Crippen LogP contribution in [0.25, 0.3) is 0 Å². The van der Waals surface area contributed by atoms with E-state index in [1.165, 1.54) is 6.07 Å². The molecule has 1 N–H and O–H groups in total. The van der Waals surface area contributed by atoms with Gasteiger partial charge in [0.25, 0.3) is 5.91 Å². The third kappa shape index (κ3) is 5.24. The van der Waals surface area contributed by atoms with E-state index < -0.39 is 17.7 Å². The lowest BCUT2D eigenvalue weighted by Crippen LogP contribution is -2.36. The Balaban J connectivity index is 1.63. The molecule has 1 atom stereocenters. The van der Waals surface area contributed by atoms with E-state index >= 15 is 0 Å². The third-order valence-corrected chi connectivity index (χ3v) is 4.35. The van der Waals surface area contributed by atoms with Crippen molar-refractivity contribution in [3.8, 4) is 5.75 Å². The van der Waals surface area contributed by atoms with Crippen LogP contribution in [0.2, 0.25) is 0 Å². The predicted octanol–water partition coefficient (Wildman–Crippen LogP) is 3.20. The van der Waals surface area contributed by atoms with Crippen LogP contribution in [-0.4, -0.2) is 43.2 Å². The van der Waals surface area contributed by atoms with Gasteiger partial charge >= 0.3 is 0 Å². The highest BCUT2D eigenvalue weighted by Crippen LogP contribution is 2.20. The smallest absolute Gasteiger partial charge is 0.265 e. The summed E-state index contributed by atoms with van der Waals surface area (Å²) in [5.41, 5.74) is 1.70. The number of para-hydroxylation sites is 1. The Labute approximate surface area is 156 Å². The molecule has 1 amide bonds. The number of amides is 1. The van der Waals surface area contributed by atoms with Crippen molar-refractivity contribution in [3.05, 3.63) is 59.7 Å². The van der Waals surface area contributed by atoms with Crippen LogP contribution >= 0.6 is 0 Å². The first-order chi connectivity index (χ1) is 13.0. The number of benzene rings is 2. The fraction of sp³-hybridized carbons (Fsp3) is 0.350. The fourth-order valence-electron chi connectivity index (χ4n) is 2.82. The van der Waals surface area contributed by atoms with Crippen molar-refractivity contribution in [2.24, 2.45) is 0 Å². The van der Waals surface area contributed by atoms with Gasteiger partial charge in [-0.2, -0.15) is 0 Å². The number of rotatable bonds is 6. The second-order valence-electron chi connectivity index (χ2n) is 6.37. The van der Waals surface area contributed by atoms with Gasteiger partial charge < -0.3 is 14.8 Å². The number of anilines is 1. The average molecular weight is 376 g/mol. The Morgan fingerprint density at radius 1 is 1.19 bits per heavy atom. The number of morpholine rings is 1. The van der Waals surface area contributed by atoms with Crippen molar-refractivity contribution in [1.82, 2.24) is 4.90 Å². The fourth-order valence-corrected chi connectivity index (χ4v) is 2.82. The van der Waals surface area contributed by atoms with Gasteiger partial charge in [-0.1, -0.05) is 18.2 Å². The van der Waals surface area contributed by atoms with Crippen molar-refractivity contribution in [2.45, 2.75) is 19.6 Å². The van der Waals surface area contributed by atoms with E-state index in [9.17, 15) is 13.6 Å². The molecular formula is C20H22F2N2O3. The number of nitrogens with one attached hydrogen (secondary N) is 1. The summed E-state index contributed by atoms with van der Waals surface area (Å²) in [7, 11) is 0. The van der Waals surface area contributed by atoms with Gasteiger partial charge in [-0.05, 0) is 30.7 Å². The zero-order valence-corrected chi connectivity index (χ0v) is 15.1. The largest absolute Gasteiger partial charge is 0.481 e. The SMILES string of the molecule is CC(Oc1ccc(F)c(F)c1)C(=O)Nc1ccccc1CN1CCOCC1. The van der Waals surface area contributed by atoms with Gasteiger partial charge in [-0.15, -0.1) is 0 Å². The van der Waals surface area contributed by atoms with E-state index in [1.54, 1.807) is 6.92 Å². The van der Waals surface area contributed by atoms with Crippen molar-refractivity contribution < 1.29 is 23.0 Å². The molecule has 0 radical (unpaired) electrons. The zero-order chi connectivity index (χ0) is 19.2.